The number of unbranched alkanes of at least 4 members (excludes halogenated alkanes) is 5. The zero-order valence-corrected chi connectivity index (χ0v) is 15.5. The van der Waals surface area contributed by atoms with E-state index in [2.05, 4.69) is 45.0 Å². The molecule has 2 nitrogen and oxygen atoms in total. The molecule has 0 radical (unpaired) electrons. The Morgan fingerprint density at radius 1 is 0.957 bits per heavy atom. The summed E-state index contributed by atoms with van der Waals surface area (Å²) in [7, 11) is 0. The van der Waals surface area contributed by atoms with Gasteiger partial charge in [0.25, 0.3) is 0 Å². The smallest absolute Gasteiger partial charge is 0.0540 e. The minimum absolute atomic E-state index is 0.0830. The fourth-order valence-electron chi connectivity index (χ4n) is 3.19. The molecule has 0 saturated carbocycles. The molecule has 0 aromatic heterocycles. The highest BCUT2D eigenvalue weighted by atomic mass is 16.3. The molecular formula is C21H37NO. The summed E-state index contributed by atoms with van der Waals surface area (Å²) in [5.74, 6) is 0. The van der Waals surface area contributed by atoms with Crippen LogP contribution in [-0.4, -0.2) is 11.2 Å². The van der Waals surface area contributed by atoms with E-state index in [0.29, 0.717) is 0 Å². The van der Waals surface area contributed by atoms with Gasteiger partial charge in [-0.3, -0.25) is 0 Å². The average molecular weight is 320 g/mol. The highest BCUT2D eigenvalue weighted by Crippen LogP contribution is 2.23. The van der Waals surface area contributed by atoms with Gasteiger partial charge in [-0.2, -0.15) is 0 Å². The van der Waals surface area contributed by atoms with Crippen LogP contribution in [0.1, 0.15) is 89.7 Å². The molecule has 0 saturated heterocycles. The maximum absolute atomic E-state index is 9.92. The molecule has 0 fully saturated rings. The lowest BCUT2D eigenvalue weighted by Gasteiger charge is -2.23. The quantitative estimate of drug-likeness (QED) is 0.512. The van der Waals surface area contributed by atoms with Gasteiger partial charge in [0.05, 0.1) is 6.10 Å². The fraction of sp³-hybridized carbons (Fsp3) is 0.714. The van der Waals surface area contributed by atoms with Gasteiger partial charge in [0.1, 0.15) is 0 Å². The maximum atomic E-state index is 9.92. The summed E-state index contributed by atoms with van der Waals surface area (Å²) in [6.07, 6.45) is 11.4. The minimum Gasteiger partial charge on any atom is -0.393 e. The van der Waals surface area contributed by atoms with E-state index in [-0.39, 0.29) is 11.6 Å². The molecule has 1 aromatic carbocycles. The zero-order chi connectivity index (χ0) is 17.1. The summed E-state index contributed by atoms with van der Waals surface area (Å²) in [4.78, 5) is 0. The second kappa shape index (κ2) is 10.8. The summed E-state index contributed by atoms with van der Waals surface area (Å²) in [6.45, 7) is 6.36. The van der Waals surface area contributed by atoms with Gasteiger partial charge in [0.15, 0.2) is 0 Å². The fourth-order valence-corrected chi connectivity index (χ4v) is 3.19. The van der Waals surface area contributed by atoms with E-state index in [1.54, 1.807) is 0 Å². The van der Waals surface area contributed by atoms with E-state index in [0.717, 1.165) is 25.7 Å². The molecule has 3 N–H and O–H groups in total. The number of rotatable bonds is 12. The van der Waals surface area contributed by atoms with Crippen LogP contribution in [-0.2, 0) is 12.0 Å². The molecule has 1 rings (SSSR count). The van der Waals surface area contributed by atoms with Crippen molar-refractivity contribution in [1.82, 2.24) is 0 Å². The monoisotopic (exact) mass is 319 g/mol. The number of aryl methyl sites for hydroxylation is 1. The Hall–Kier alpha value is -0.860. The molecule has 0 aliphatic heterocycles. The first-order valence-corrected chi connectivity index (χ1v) is 9.50. The first-order chi connectivity index (χ1) is 10.9. The van der Waals surface area contributed by atoms with Gasteiger partial charge in [-0.25, -0.2) is 0 Å². The summed E-state index contributed by atoms with van der Waals surface area (Å²) >= 11 is 0. The average Bonchev–Trinajstić information content (AvgIpc) is 2.50. The van der Waals surface area contributed by atoms with Crippen LogP contribution in [0.15, 0.2) is 24.3 Å². The Bertz CT molecular complexity index is 422. The summed E-state index contributed by atoms with van der Waals surface area (Å²) in [5, 5.41) is 9.92. The Balaban J connectivity index is 2.19. The van der Waals surface area contributed by atoms with E-state index in [9.17, 15) is 5.11 Å². The van der Waals surface area contributed by atoms with Crippen molar-refractivity contribution in [2.75, 3.05) is 0 Å². The molecular weight excluding hydrogens is 282 g/mol. The van der Waals surface area contributed by atoms with Crippen molar-refractivity contribution in [3.8, 4) is 0 Å². The standard InChI is InChI=1S/C21H37NO/c1-4-5-8-15-19(23)16-10-7-6-9-13-18-14-11-12-17-20(18)21(2,3)22/h11-12,14,17,19,23H,4-10,13,15-16,22H2,1-3H3. The van der Waals surface area contributed by atoms with Crippen LogP contribution in [0.3, 0.4) is 0 Å². The summed E-state index contributed by atoms with van der Waals surface area (Å²) < 4.78 is 0. The van der Waals surface area contributed by atoms with Crippen molar-refractivity contribution in [2.45, 2.75) is 96.6 Å². The molecule has 132 valence electrons. The maximum Gasteiger partial charge on any atom is 0.0540 e. The van der Waals surface area contributed by atoms with E-state index in [4.69, 9.17) is 5.73 Å². The Morgan fingerprint density at radius 3 is 2.22 bits per heavy atom. The number of nitrogens with two attached hydrogens (primary N) is 1. The lowest BCUT2D eigenvalue weighted by Crippen LogP contribution is -2.30. The molecule has 1 atom stereocenters. The van der Waals surface area contributed by atoms with Gasteiger partial charge in [0, 0.05) is 5.54 Å². The van der Waals surface area contributed by atoms with Crippen LogP contribution in [0, 0.1) is 0 Å². The molecule has 0 amide bonds. The zero-order valence-electron chi connectivity index (χ0n) is 15.5. The molecule has 0 aliphatic carbocycles. The topological polar surface area (TPSA) is 46.2 Å². The van der Waals surface area contributed by atoms with Crippen LogP contribution in [0.4, 0.5) is 0 Å². The summed E-state index contributed by atoms with van der Waals surface area (Å²) in [6, 6.07) is 8.55. The largest absolute Gasteiger partial charge is 0.393 e. The van der Waals surface area contributed by atoms with E-state index in [1.165, 1.54) is 49.7 Å². The van der Waals surface area contributed by atoms with Crippen LogP contribution >= 0.6 is 0 Å². The molecule has 23 heavy (non-hydrogen) atoms. The minimum atomic E-state index is -0.265. The van der Waals surface area contributed by atoms with Crippen LogP contribution in [0.5, 0.6) is 0 Å². The highest BCUT2D eigenvalue weighted by Gasteiger charge is 2.17. The number of aliphatic hydroxyl groups excluding tert-OH is 1. The van der Waals surface area contributed by atoms with Gasteiger partial charge in [-0.15, -0.1) is 0 Å². The second-order valence-electron chi connectivity index (χ2n) is 7.48. The third-order valence-electron chi connectivity index (χ3n) is 4.59. The van der Waals surface area contributed by atoms with Crippen LogP contribution in [0.2, 0.25) is 0 Å². The first-order valence-electron chi connectivity index (χ1n) is 9.50. The van der Waals surface area contributed by atoms with E-state index in [1.807, 2.05) is 0 Å². The Labute approximate surface area is 143 Å². The molecule has 0 spiro atoms. The van der Waals surface area contributed by atoms with Gasteiger partial charge >= 0.3 is 0 Å². The Morgan fingerprint density at radius 2 is 1.57 bits per heavy atom. The molecule has 0 heterocycles. The van der Waals surface area contributed by atoms with Crippen LogP contribution in [0.25, 0.3) is 0 Å². The van der Waals surface area contributed by atoms with Crippen LogP contribution < -0.4 is 5.73 Å². The molecule has 1 aromatic rings. The van der Waals surface area contributed by atoms with Crippen molar-refractivity contribution < 1.29 is 5.11 Å². The van der Waals surface area contributed by atoms with Gasteiger partial charge in [0.2, 0.25) is 0 Å². The number of benzene rings is 1. The highest BCUT2D eigenvalue weighted by molar-refractivity contribution is 5.32. The predicted octanol–water partition coefficient (Wildman–Crippen LogP) is 5.31. The van der Waals surface area contributed by atoms with Crippen molar-refractivity contribution in [3.05, 3.63) is 35.4 Å². The molecule has 2 heteroatoms. The van der Waals surface area contributed by atoms with E-state index >= 15 is 0 Å². The van der Waals surface area contributed by atoms with Crippen molar-refractivity contribution in [3.63, 3.8) is 0 Å². The first kappa shape index (κ1) is 20.2. The van der Waals surface area contributed by atoms with Gasteiger partial charge in [-0.1, -0.05) is 69.7 Å². The number of aliphatic hydroxyl groups is 1. The van der Waals surface area contributed by atoms with E-state index < -0.39 is 0 Å². The van der Waals surface area contributed by atoms with Crippen molar-refractivity contribution >= 4 is 0 Å². The summed E-state index contributed by atoms with van der Waals surface area (Å²) in [5.41, 5.74) is 8.66. The third kappa shape index (κ3) is 8.53. The van der Waals surface area contributed by atoms with Crippen molar-refractivity contribution in [1.29, 1.82) is 0 Å². The van der Waals surface area contributed by atoms with Crippen molar-refractivity contribution in [2.24, 2.45) is 5.73 Å². The van der Waals surface area contributed by atoms with Gasteiger partial charge in [-0.05, 0) is 50.7 Å². The van der Waals surface area contributed by atoms with Gasteiger partial charge < -0.3 is 10.8 Å². The molecule has 0 bridgehead atoms. The third-order valence-corrected chi connectivity index (χ3v) is 4.59. The lowest BCUT2D eigenvalue weighted by molar-refractivity contribution is 0.147. The SMILES string of the molecule is CCCCCC(O)CCCCCCc1ccccc1C(C)(C)N. The Kier molecular flexibility index (Phi) is 9.50. The molecule has 1 unspecified atom stereocenters. The lowest BCUT2D eigenvalue weighted by atomic mass is 9.89. The normalized spacial score (nSPS) is 13.3. The molecule has 0 aliphatic rings. The number of hydrogen-bond donors (Lipinski definition) is 2. The number of hydrogen-bond acceptors (Lipinski definition) is 2. The predicted molar refractivity (Wildman–Crippen MR) is 101 cm³/mol. The second-order valence-corrected chi connectivity index (χ2v) is 7.48.